The number of rotatable bonds is 4. The molecule has 0 atom stereocenters. The molecule has 0 aliphatic rings. The molecule has 0 spiro atoms. The standard InChI is InChI=1S/C15H16N2O2/c1-11(2)7-14(17(18)19)8-13-10-16-9-12-5-3-4-6-15(12)13/h3-6,8-11H,7H2,1-2H3/b14-8-. The number of fused-ring (bicyclic) bond motifs is 1. The van der Waals surface area contributed by atoms with E-state index >= 15 is 0 Å². The van der Waals surface area contributed by atoms with Crippen molar-refractivity contribution in [2.75, 3.05) is 0 Å². The van der Waals surface area contributed by atoms with E-state index in [0.717, 1.165) is 16.3 Å². The molecule has 0 N–H and O–H groups in total. The maximum absolute atomic E-state index is 11.1. The summed E-state index contributed by atoms with van der Waals surface area (Å²) in [7, 11) is 0. The third-order valence-electron chi connectivity index (χ3n) is 2.87. The minimum Gasteiger partial charge on any atom is -0.263 e. The zero-order valence-corrected chi connectivity index (χ0v) is 11.0. The molecule has 2 aromatic rings. The van der Waals surface area contributed by atoms with Gasteiger partial charge in [-0.05, 0) is 11.3 Å². The predicted molar refractivity (Wildman–Crippen MR) is 76.2 cm³/mol. The van der Waals surface area contributed by atoms with Gasteiger partial charge in [0, 0.05) is 35.8 Å². The maximum atomic E-state index is 11.1. The van der Waals surface area contributed by atoms with Crippen LogP contribution in [0.1, 0.15) is 25.8 Å². The van der Waals surface area contributed by atoms with Gasteiger partial charge in [0.2, 0.25) is 5.70 Å². The Hall–Kier alpha value is -2.23. The molecule has 1 aromatic carbocycles. The van der Waals surface area contributed by atoms with Crippen LogP contribution in [0.4, 0.5) is 0 Å². The molecule has 4 nitrogen and oxygen atoms in total. The summed E-state index contributed by atoms with van der Waals surface area (Å²) < 4.78 is 0. The quantitative estimate of drug-likeness (QED) is 0.615. The van der Waals surface area contributed by atoms with E-state index in [-0.39, 0.29) is 16.5 Å². The molecule has 0 aliphatic heterocycles. The molecule has 2 rings (SSSR count). The largest absolute Gasteiger partial charge is 0.263 e. The van der Waals surface area contributed by atoms with Gasteiger partial charge in [0.15, 0.2) is 0 Å². The zero-order chi connectivity index (χ0) is 13.8. The lowest BCUT2D eigenvalue weighted by molar-refractivity contribution is -0.427. The highest BCUT2D eigenvalue weighted by Crippen LogP contribution is 2.22. The number of nitro groups is 1. The summed E-state index contributed by atoms with van der Waals surface area (Å²) in [6.07, 6.45) is 5.53. The number of aromatic nitrogens is 1. The average molecular weight is 256 g/mol. The van der Waals surface area contributed by atoms with Crippen molar-refractivity contribution in [2.24, 2.45) is 5.92 Å². The third kappa shape index (κ3) is 3.16. The molecular weight excluding hydrogens is 240 g/mol. The van der Waals surface area contributed by atoms with Gasteiger partial charge in [-0.1, -0.05) is 38.1 Å². The van der Waals surface area contributed by atoms with Crippen LogP contribution in [0.25, 0.3) is 16.8 Å². The van der Waals surface area contributed by atoms with Crippen LogP contribution in [0.2, 0.25) is 0 Å². The summed E-state index contributed by atoms with van der Waals surface area (Å²) >= 11 is 0. The van der Waals surface area contributed by atoms with Crippen LogP contribution in [0.3, 0.4) is 0 Å². The van der Waals surface area contributed by atoms with Crippen molar-refractivity contribution in [3.8, 4) is 0 Å². The topological polar surface area (TPSA) is 56.0 Å². The fourth-order valence-electron chi connectivity index (χ4n) is 2.04. The number of hydrogen-bond donors (Lipinski definition) is 0. The average Bonchev–Trinajstić information content (AvgIpc) is 2.37. The van der Waals surface area contributed by atoms with Crippen LogP contribution in [0, 0.1) is 16.0 Å². The number of benzene rings is 1. The molecule has 0 saturated heterocycles. The Morgan fingerprint density at radius 3 is 2.79 bits per heavy atom. The second-order valence-corrected chi connectivity index (χ2v) is 4.94. The Balaban J connectivity index is 2.51. The molecule has 0 amide bonds. The molecule has 0 saturated carbocycles. The molecule has 0 fully saturated rings. The van der Waals surface area contributed by atoms with Crippen LogP contribution < -0.4 is 0 Å². The SMILES string of the molecule is CC(C)C/C(=C/c1cncc2ccccc12)[N+](=O)[O-]. The van der Waals surface area contributed by atoms with E-state index in [9.17, 15) is 10.1 Å². The predicted octanol–water partition coefficient (Wildman–Crippen LogP) is 3.90. The summed E-state index contributed by atoms with van der Waals surface area (Å²) in [6.45, 7) is 3.94. The second-order valence-electron chi connectivity index (χ2n) is 4.94. The molecule has 1 aromatic heterocycles. The Bertz CT molecular complexity index is 628. The summed E-state index contributed by atoms with van der Waals surface area (Å²) in [5, 5.41) is 13.1. The smallest absolute Gasteiger partial charge is 0.247 e. The van der Waals surface area contributed by atoms with Gasteiger partial charge in [-0.2, -0.15) is 0 Å². The van der Waals surface area contributed by atoms with Crippen molar-refractivity contribution in [1.29, 1.82) is 0 Å². The van der Waals surface area contributed by atoms with Crippen molar-refractivity contribution in [3.63, 3.8) is 0 Å². The number of hydrogen-bond acceptors (Lipinski definition) is 3. The summed E-state index contributed by atoms with van der Waals surface area (Å²) in [5.41, 5.74) is 1.03. The number of allylic oxidation sites excluding steroid dienone is 1. The van der Waals surface area contributed by atoms with Crippen LogP contribution in [-0.4, -0.2) is 9.91 Å². The summed E-state index contributed by atoms with van der Waals surface area (Å²) in [5.74, 6) is 0.250. The van der Waals surface area contributed by atoms with Crippen LogP contribution >= 0.6 is 0 Å². The monoisotopic (exact) mass is 256 g/mol. The van der Waals surface area contributed by atoms with Gasteiger partial charge < -0.3 is 0 Å². The fraction of sp³-hybridized carbons (Fsp3) is 0.267. The Morgan fingerprint density at radius 1 is 1.37 bits per heavy atom. The molecule has 0 bridgehead atoms. The van der Waals surface area contributed by atoms with Crippen LogP contribution in [0.15, 0.2) is 42.4 Å². The summed E-state index contributed by atoms with van der Waals surface area (Å²) in [4.78, 5) is 14.9. The third-order valence-corrected chi connectivity index (χ3v) is 2.87. The molecule has 1 heterocycles. The molecule has 0 aliphatic carbocycles. The second kappa shape index (κ2) is 5.61. The molecule has 19 heavy (non-hydrogen) atoms. The van der Waals surface area contributed by atoms with Gasteiger partial charge in [0.25, 0.3) is 0 Å². The lowest BCUT2D eigenvalue weighted by Crippen LogP contribution is -2.02. The van der Waals surface area contributed by atoms with Crippen LogP contribution in [-0.2, 0) is 0 Å². The number of pyridine rings is 1. The van der Waals surface area contributed by atoms with Gasteiger partial charge in [-0.3, -0.25) is 15.1 Å². The van der Waals surface area contributed by atoms with E-state index in [2.05, 4.69) is 4.98 Å². The number of nitrogens with zero attached hydrogens (tertiary/aromatic N) is 2. The van der Waals surface area contributed by atoms with Crippen molar-refractivity contribution in [3.05, 3.63) is 58.0 Å². The first-order chi connectivity index (χ1) is 9.08. The highest BCUT2D eigenvalue weighted by Gasteiger charge is 2.13. The minimum atomic E-state index is -0.304. The van der Waals surface area contributed by atoms with E-state index < -0.39 is 0 Å². The highest BCUT2D eigenvalue weighted by atomic mass is 16.6. The van der Waals surface area contributed by atoms with E-state index in [1.54, 1.807) is 18.5 Å². The Morgan fingerprint density at radius 2 is 2.11 bits per heavy atom. The first-order valence-corrected chi connectivity index (χ1v) is 6.25. The Kier molecular flexibility index (Phi) is 3.90. The van der Waals surface area contributed by atoms with Crippen molar-refractivity contribution < 1.29 is 4.92 Å². The fourth-order valence-corrected chi connectivity index (χ4v) is 2.04. The van der Waals surface area contributed by atoms with Gasteiger partial charge >= 0.3 is 0 Å². The molecule has 4 heteroatoms. The lowest BCUT2D eigenvalue weighted by atomic mass is 10.0. The first kappa shape index (κ1) is 13.2. The molecule has 98 valence electrons. The first-order valence-electron chi connectivity index (χ1n) is 6.25. The maximum Gasteiger partial charge on any atom is 0.247 e. The normalized spacial score (nSPS) is 12.1. The van der Waals surface area contributed by atoms with Gasteiger partial charge in [0.05, 0.1) is 4.92 Å². The molecule has 0 radical (unpaired) electrons. The van der Waals surface area contributed by atoms with Crippen molar-refractivity contribution >= 4 is 16.8 Å². The lowest BCUT2D eigenvalue weighted by Gasteiger charge is -2.04. The zero-order valence-electron chi connectivity index (χ0n) is 11.0. The highest BCUT2D eigenvalue weighted by molar-refractivity contribution is 5.89. The van der Waals surface area contributed by atoms with E-state index in [1.807, 2.05) is 38.1 Å². The summed E-state index contributed by atoms with van der Waals surface area (Å²) in [6, 6.07) is 7.76. The molecular formula is C15H16N2O2. The van der Waals surface area contributed by atoms with E-state index in [1.165, 1.54) is 0 Å². The van der Waals surface area contributed by atoms with E-state index in [0.29, 0.717) is 6.42 Å². The van der Waals surface area contributed by atoms with E-state index in [4.69, 9.17) is 0 Å². The van der Waals surface area contributed by atoms with Gasteiger partial charge in [-0.25, -0.2) is 0 Å². The minimum absolute atomic E-state index is 0.230. The van der Waals surface area contributed by atoms with Gasteiger partial charge in [0.1, 0.15) is 0 Å². The van der Waals surface area contributed by atoms with Crippen molar-refractivity contribution in [1.82, 2.24) is 4.98 Å². The molecule has 0 unspecified atom stereocenters. The van der Waals surface area contributed by atoms with Crippen molar-refractivity contribution in [2.45, 2.75) is 20.3 Å². The van der Waals surface area contributed by atoms with Gasteiger partial charge in [-0.15, -0.1) is 0 Å². The Labute approximate surface area is 111 Å². The van der Waals surface area contributed by atoms with Crippen LogP contribution in [0.5, 0.6) is 0 Å².